The number of hydrogen-bond acceptors (Lipinski definition) is 4. The largest absolute Gasteiger partial charge is 0.322 e. The second-order valence-corrected chi connectivity index (χ2v) is 11.0. The molecule has 0 amide bonds. The van der Waals surface area contributed by atoms with Gasteiger partial charge in [-0.3, -0.25) is 4.79 Å². The smallest absolute Gasteiger partial charge is 0.287 e. The highest BCUT2D eigenvalue weighted by atomic mass is 35.5. The number of halogens is 1. The van der Waals surface area contributed by atoms with Crippen molar-refractivity contribution in [3.63, 3.8) is 0 Å². The number of aromatic nitrogens is 4. The fourth-order valence-electron chi connectivity index (χ4n) is 6.61. The second-order valence-electron chi connectivity index (χ2n) is 9.63. The molecule has 0 radical (unpaired) electrons. The standard InChI is InChI=1S/C24H25ClN4OS/c1-28-19(18-5-3-2-4-6-18)13-26-23(28)31-20-14-27-29(22(30)21(20)25)24-10-15-7-16(11-24)9-17(8-15)12-24/h2-6,13-17H,7-12H2,1H3. The molecule has 5 nitrogen and oxygen atoms in total. The molecule has 4 saturated carbocycles. The first-order valence-electron chi connectivity index (χ1n) is 11.1. The highest BCUT2D eigenvalue weighted by Gasteiger charge is 2.53. The summed E-state index contributed by atoms with van der Waals surface area (Å²) in [7, 11) is 1.98. The summed E-state index contributed by atoms with van der Waals surface area (Å²) in [6.07, 6.45) is 10.9. The predicted molar refractivity (Wildman–Crippen MR) is 122 cm³/mol. The zero-order valence-corrected chi connectivity index (χ0v) is 19.1. The first-order chi connectivity index (χ1) is 15.0. The van der Waals surface area contributed by atoms with Crippen molar-refractivity contribution < 1.29 is 0 Å². The van der Waals surface area contributed by atoms with Gasteiger partial charge in [0.05, 0.1) is 28.5 Å². The van der Waals surface area contributed by atoms with Crippen molar-refractivity contribution >= 4 is 23.4 Å². The van der Waals surface area contributed by atoms with E-state index in [2.05, 4.69) is 22.2 Å². The maximum absolute atomic E-state index is 13.3. The van der Waals surface area contributed by atoms with Crippen molar-refractivity contribution in [2.24, 2.45) is 24.8 Å². The number of rotatable bonds is 4. The SMILES string of the molecule is Cn1c(-c2ccccc2)cnc1Sc1cnn(C23CC4CC(CC(C4)C2)C3)c(=O)c1Cl. The van der Waals surface area contributed by atoms with E-state index in [9.17, 15) is 4.79 Å². The van der Waals surface area contributed by atoms with Gasteiger partial charge in [0.15, 0.2) is 5.16 Å². The molecule has 2 aromatic heterocycles. The van der Waals surface area contributed by atoms with Crippen LogP contribution in [0.4, 0.5) is 0 Å². The lowest BCUT2D eigenvalue weighted by atomic mass is 9.53. The molecule has 4 fully saturated rings. The number of nitrogens with zero attached hydrogens (tertiary/aromatic N) is 4. The Balaban J connectivity index is 1.32. The number of benzene rings is 1. The van der Waals surface area contributed by atoms with E-state index in [0.717, 1.165) is 53.4 Å². The lowest BCUT2D eigenvalue weighted by Gasteiger charge is -2.56. The Morgan fingerprint density at radius 2 is 1.68 bits per heavy atom. The monoisotopic (exact) mass is 452 g/mol. The van der Waals surface area contributed by atoms with Crippen LogP contribution in [-0.4, -0.2) is 19.3 Å². The third-order valence-corrected chi connectivity index (χ3v) is 9.13. The van der Waals surface area contributed by atoms with Crippen molar-refractivity contribution in [1.82, 2.24) is 19.3 Å². The minimum absolute atomic E-state index is 0.123. The molecular formula is C24H25ClN4OS. The third kappa shape index (κ3) is 3.18. The first-order valence-corrected chi connectivity index (χ1v) is 12.3. The highest BCUT2D eigenvalue weighted by Crippen LogP contribution is 2.58. The molecule has 2 heterocycles. The van der Waals surface area contributed by atoms with E-state index in [4.69, 9.17) is 11.6 Å². The van der Waals surface area contributed by atoms with Crippen LogP contribution in [0.1, 0.15) is 38.5 Å². The van der Waals surface area contributed by atoms with Crippen LogP contribution in [0.3, 0.4) is 0 Å². The molecule has 31 heavy (non-hydrogen) atoms. The van der Waals surface area contributed by atoms with E-state index in [1.165, 1.54) is 31.0 Å². The Bertz CT molecular complexity index is 1170. The lowest BCUT2D eigenvalue weighted by molar-refractivity contribution is -0.0520. The van der Waals surface area contributed by atoms with Gasteiger partial charge in [0.2, 0.25) is 0 Å². The van der Waals surface area contributed by atoms with Crippen LogP contribution in [0, 0.1) is 17.8 Å². The molecule has 160 valence electrons. The molecule has 1 aromatic carbocycles. The molecule has 0 N–H and O–H groups in total. The molecule has 4 aliphatic carbocycles. The molecule has 0 spiro atoms. The molecule has 3 aromatic rings. The quantitative estimate of drug-likeness (QED) is 0.533. The Morgan fingerprint density at radius 3 is 2.32 bits per heavy atom. The van der Waals surface area contributed by atoms with Crippen LogP contribution in [-0.2, 0) is 12.6 Å². The second kappa shape index (κ2) is 7.24. The van der Waals surface area contributed by atoms with Gasteiger partial charge >= 0.3 is 0 Å². The Morgan fingerprint density at radius 1 is 1.03 bits per heavy atom. The number of imidazole rings is 1. The van der Waals surface area contributed by atoms with Crippen LogP contribution in [0.2, 0.25) is 5.02 Å². The van der Waals surface area contributed by atoms with E-state index < -0.39 is 0 Å². The summed E-state index contributed by atoms with van der Waals surface area (Å²) in [6, 6.07) is 10.2. The topological polar surface area (TPSA) is 52.7 Å². The van der Waals surface area contributed by atoms with E-state index >= 15 is 0 Å². The van der Waals surface area contributed by atoms with Crippen molar-refractivity contribution in [1.29, 1.82) is 0 Å². The summed E-state index contributed by atoms with van der Waals surface area (Å²) in [5, 5.41) is 5.73. The predicted octanol–water partition coefficient (Wildman–Crippen LogP) is 5.37. The van der Waals surface area contributed by atoms with Crippen LogP contribution >= 0.6 is 23.4 Å². The maximum atomic E-state index is 13.3. The average molecular weight is 453 g/mol. The van der Waals surface area contributed by atoms with Gasteiger partial charge in [0, 0.05) is 7.05 Å². The van der Waals surface area contributed by atoms with Crippen LogP contribution < -0.4 is 5.56 Å². The van der Waals surface area contributed by atoms with Gasteiger partial charge in [-0.05, 0) is 73.6 Å². The molecule has 4 bridgehead atoms. The van der Waals surface area contributed by atoms with E-state index in [0.29, 0.717) is 4.90 Å². The molecule has 7 heteroatoms. The fourth-order valence-corrected chi connectivity index (χ4v) is 7.67. The van der Waals surface area contributed by atoms with Crippen LogP contribution in [0.25, 0.3) is 11.3 Å². The van der Waals surface area contributed by atoms with E-state index in [1.54, 1.807) is 10.9 Å². The summed E-state index contributed by atoms with van der Waals surface area (Å²) in [4.78, 5) is 18.6. The van der Waals surface area contributed by atoms with Gasteiger partial charge in [-0.15, -0.1) is 0 Å². The zero-order valence-electron chi connectivity index (χ0n) is 17.5. The lowest BCUT2D eigenvalue weighted by Crippen LogP contribution is -2.55. The third-order valence-electron chi connectivity index (χ3n) is 7.56. The maximum Gasteiger partial charge on any atom is 0.287 e. The van der Waals surface area contributed by atoms with Gasteiger partial charge in [0.25, 0.3) is 5.56 Å². The molecule has 4 aliphatic rings. The first kappa shape index (κ1) is 19.6. The minimum atomic E-state index is -0.147. The van der Waals surface area contributed by atoms with Crippen LogP contribution in [0.15, 0.2) is 57.6 Å². The van der Waals surface area contributed by atoms with Gasteiger partial charge < -0.3 is 4.57 Å². The van der Waals surface area contributed by atoms with E-state index in [-0.39, 0.29) is 16.1 Å². The summed E-state index contributed by atoms with van der Waals surface area (Å²) < 4.78 is 3.78. The van der Waals surface area contributed by atoms with Crippen molar-refractivity contribution in [3.05, 3.63) is 58.1 Å². The molecular weight excluding hydrogens is 428 g/mol. The zero-order chi connectivity index (χ0) is 21.2. The van der Waals surface area contributed by atoms with Gasteiger partial charge in [-0.2, -0.15) is 5.10 Å². The summed E-state index contributed by atoms with van der Waals surface area (Å²) >= 11 is 8.03. The Kier molecular flexibility index (Phi) is 4.58. The molecule has 0 aliphatic heterocycles. The van der Waals surface area contributed by atoms with Crippen molar-refractivity contribution in [2.75, 3.05) is 0 Å². The van der Waals surface area contributed by atoms with Crippen molar-refractivity contribution in [2.45, 2.75) is 54.1 Å². The summed E-state index contributed by atoms with van der Waals surface area (Å²) in [5.41, 5.74) is 1.86. The minimum Gasteiger partial charge on any atom is -0.322 e. The van der Waals surface area contributed by atoms with Crippen LogP contribution in [0.5, 0.6) is 0 Å². The van der Waals surface area contributed by atoms with Crippen molar-refractivity contribution in [3.8, 4) is 11.3 Å². The molecule has 0 saturated heterocycles. The molecule has 7 rings (SSSR count). The highest BCUT2D eigenvalue weighted by molar-refractivity contribution is 7.99. The molecule has 0 unspecified atom stereocenters. The normalized spacial score (nSPS) is 28.9. The summed E-state index contributed by atoms with van der Waals surface area (Å²) in [6.45, 7) is 0. The van der Waals surface area contributed by atoms with Gasteiger partial charge in [0.1, 0.15) is 5.02 Å². The Labute approximate surface area is 190 Å². The van der Waals surface area contributed by atoms with Gasteiger partial charge in [-0.25, -0.2) is 9.67 Å². The Hall–Kier alpha value is -2.05. The summed E-state index contributed by atoms with van der Waals surface area (Å²) in [5.74, 6) is 2.24. The fraction of sp³-hybridized carbons (Fsp3) is 0.458. The average Bonchev–Trinajstić information content (AvgIpc) is 3.11. The number of hydrogen-bond donors (Lipinski definition) is 0. The van der Waals surface area contributed by atoms with Gasteiger partial charge in [-0.1, -0.05) is 41.9 Å². The van der Waals surface area contributed by atoms with E-state index in [1.807, 2.05) is 36.0 Å². The molecule has 0 atom stereocenters.